The molecule has 0 aliphatic heterocycles. The van der Waals surface area contributed by atoms with E-state index in [1.54, 1.807) is 7.11 Å². The summed E-state index contributed by atoms with van der Waals surface area (Å²) in [5, 5.41) is 10.6. The van der Waals surface area contributed by atoms with Crippen LogP contribution in [0.25, 0.3) is 0 Å². The van der Waals surface area contributed by atoms with Crippen molar-refractivity contribution in [3.05, 3.63) is 63.1 Å². The Bertz CT molecular complexity index is 573. The number of aliphatic hydroxyl groups excluding tert-OH is 1. The normalized spacial score (nSPS) is 12.3. The van der Waals surface area contributed by atoms with Crippen molar-refractivity contribution in [1.82, 2.24) is 0 Å². The van der Waals surface area contributed by atoms with E-state index in [0.29, 0.717) is 0 Å². The van der Waals surface area contributed by atoms with Crippen molar-refractivity contribution in [2.45, 2.75) is 20.0 Å². The first-order chi connectivity index (χ1) is 9.04. The van der Waals surface area contributed by atoms with Gasteiger partial charge in [-0.3, -0.25) is 0 Å². The number of hydrogen-bond donors (Lipinski definition) is 1. The number of methoxy groups -OCH3 is 1. The molecule has 1 unspecified atom stereocenters. The van der Waals surface area contributed by atoms with Gasteiger partial charge in [0, 0.05) is 0 Å². The molecule has 0 bridgehead atoms. The summed E-state index contributed by atoms with van der Waals surface area (Å²) in [4.78, 5) is 0. The molecule has 0 saturated heterocycles. The van der Waals surface area contributed by atoms with Gasteiger partial charge in [0.05, 0.1) is 11.6 Å². The molecule has 2 rings (SSSR count). The van der Waals surface area contributed by atoms with E-state index >= 15 is 0 Å². The molecule has 2 nitrogen and oxygen atoms in total. The average Bonchev–Trinajstić information content (AvgIpc) is 2.38. The van der Waals surface area contributed by atoms with Crippen LogP contribution in [0.1, 0.15) is 28.4 Å². The number of aliphatic hydroxyl groups is 1. The Labute approximate surface area is 122 Å². The van der Waals surface area contributed by atoms with E-state index in [2.05, 4.69) is 15.9 Å². The maximum Gasteiger partial charge on any atom is 0.133 e. The Morgan fingerprint density at radius 2 is 1.74 bits per heavy atom. The smallest absolute Gasteiger partial charge is 0.133 e. The first kappa shape index (κ1) is 14.1. The summed E-state index contributed by atoms with van der Waals surface area (Å²) in [6.45, 7) is 4.04. The van der Waals surface area contributed by atoms with Gasteiger partial charge in [0.15, 0.2) is 0 Å². The highest BCUT2D eigenvalue weighted by molar-refractivity contribution is 9.10. The van der Waals surface area contributed by atoms with Crippen LogP contribution in [-0.4, -0.2) is 12.2 Å². The van der Waals surface area contributed by atoms with Gasteiger partial charge in [-0.25, -0.2) is 0 Å². The van der Waals surface area contributed by atoms with Gasteiger partial charge < -0.3 is 9.84 Å². The van der Waals surface area contributed by atoms with Crippen LogP contribution >= 0.6 is 15.9 Å². The predicted octanol–water partition coefficient (Wildman–Crippen LogP) is 4.16. The zero-order valence-electron chi connectivity index (χ0n) is 11.3. The quantitative estimate of drug-likeness (QED) is 0.920. The van der Waals surface area contributed by atoms with Crippen molar-refractivity contribution >= 4 is 15.9 Å². The van der Waals surface area contributed by atoms with Crippen LogP contribution in [0.5, 0.6) is 5.75 Å². The maximum atomic E-state index is 10.6. The zero-order valence-corrected chi connectivity index (χ0v) is 12.9. The minimum Gasteiger partial charge on any atom is -0.496 e. The molecule has 0 amide bonds. The molecule has 0 fully saturated rings. The highest BCUT2D eigenvalue weighted by Gasteiger charge is 2.16. The van der Waals surface area contributed by atoms with Crippen LogP contribution in [0.3, 0.4) is 0 Å². The third-order valence-electron chi connectivity index (χ3n) is 3.31. The first-order valence-corrected chi connectivity index (χ1v) is 6.91. The van der Waals surface area contributed by atoms with E-state index in [1.165, 1.54) is 0 Å². The fourth-order valence-electron chi connectivity index (χ4n) is 2.28. The van der Waals surface area contributed by atoms with Gasteiger partial charge >= 0.3 is 0 Å². The van der Waals surface area contributed by atoms with E-state index in [0.717, 1.165) is 32.5 Å². The van der Waals surface area contributed by atoms with Gasteiger partial charge in [-0.2, -0.15) is 0 Å². The summed E-state index contributed by atoms with van der Waals surface area (Å²) in [6.07, 6.45) is -0.622. The third kappa shape index (κ3) is 2.82. The third-order valence-corrected chi connectivity index (χ3v) is 3.93. The average molecular weight is 321 g/mol. The summed E-state index contributed by atoms with van der Waals surface area (Å²) < 4.78 is 6.05. The molecule has 0 spiro atoms. The number of rotatable bonds is 3. The summed E-state index contributed by atoms with van der Waals surface area (Å²) >= 11 is 3.45. The van der Waals surface area contributed by atoms with Crippen molar-refractivity contribution in [3.63, 3.8) is 0 Å². The molecule has 2 aromatic carbocycles. The lowest BCUT2D eigenvalue weighted by Crippen LogP contribution is -2.04. The monoisotopic (exact) mass is 320 g/mol. The maximum absolute atomic E-state index is 10.6. The number of hydrogen-bond acceptors (Lipinski definition) is 2. The van der Waals surface area contributed by atoms with E-state index in [-0.39, 0.29) is 0 Å². The Morgan fingerprint density at radius 1 is 1.11 bits per heavy atom. The number of halogens is 1. The fourth-order valence-corrected chi connectivity index (χ4v) is 2.84. The van der Waals surface area contributed by atoms with Crippen molar-refractivity contribution in [2.24, 2.45) is 0 Å². The number of ether oxygens (including phenoxy) is 1. The SMILES string of the molecule is COc1ccc(C(O)c2c(C)cccc2C)cc1Br. The molecule has 3 heteroatoms. The molecule has 0 aromatic heterocycles. The molecule has 0 radical (unpaired) electrons. The predicted molar refractivity (Wildman–Crippen MR) is 80.7 cm³/mol. The molecule has 1 N–H and O–H groups in total. The largest absolute Gasteiger partial charge is 0.496 e. The minimum atomic E-state index is -0.622. The second kappa shape index (κ2) is 5.76. The molecular weight excluding hydrogens is 304 g/mol. The van der Waals surface area contributed by atoms with Crippen LogP contribution in [-0.2, 0) is 0 Å². The van der Waals surface area contributed by atoms with E-state index in [1.807, 2.05) is 50.2 Å². The van der Waals surface area contributed by atoms with Crippen molar-refractivity contribution in [3.8, 4) is 5.75 Å². The Morgan fingerprint density at radius 3 is 2.26 bits per heavy atom. The molecule has 0 aliphatic rings. The van der Waals surface area contributed by atoms with Crippen LogP contribution in [0, 0.1) is 13.8 Å². The Kier molecular flexibility index (Phi) is 4.27. The van der Waals surface area contributed by atoms with Crippen molar-refractivity contribution in [1.29, 1.82) is 0 Å². The van der Waals surface area contributed by atoms with E-state index < -0.39 is 6.10 Å². The molecule has 19 heavy (non-hydrogen) atoms. The lowest BCUT2D eigenvalue weighted by atomic mass is 9.93. The second-order valence-electron chi connectivity index (χ2n) is 4.60. The standard InChI is InChI=1S/C16H17BrO2/c1-10-5-4-6-11(2)15(10)16(18)12-7-8-14(19-3)13(17)9-12/h4-9,16,18H,1-3H3. The topological polar surface area (TPSA) is 29.5 Å². The molecule has 0 aliphatic carbocycles. The summed E-state index contributed by atoms with van der Waals surface area (Å²) in [5.41, 5.74) is 4.02. The molecule has 1 atom stereocenters. The lowest BCUT2D eigenvalue weighted by Gasteiger charge is -2.17. The minimum absolute atomic E-state index is 0.622. The molecule has 2 aromatic rings. The van der Waals surface area contributed by atoms with E-state index in [4.69, 9.17) is 4.74 Å². The second-order valence-corrected chi connectivity index (χ2v) is 5.46. The van der Waals surface area contributed by atoms with Crippen LogP contribution < -0.4 is 4.74 Å². The highest BCUT2D eigenvalue weighted by Crippen LogP contribution is 2.32. The van der Waals surface area contributed by atoms with Crippen molar-refractivity contribution < 1.29 is 9.84 Å². The van der Waals surface area contributed by atoms with E-state index in [9.17, 15) is 5.11 Å². The van der Waals surface area contributed by atoms with Crippen molar-refractivity contribution in [2.75, 3.05) is 7.11 Å². The fraction of sp³-hybridized carbons (Fsp3) is 0.250. The molecule has 100 valence electrons. The van der Waals surface area contributed by atoms with Gasteiger partial charge in [-0.15, -0.1) is 0 Å². The summed E-state index contributed by atoms with van der Waals surface area (Å²) in [5.74, 6) is 0.762. The highest BCUT2D eigenvalue weighted by atomic mass is 79.9. The molecule has 0 saturated carbocycles. The van der Waals surface area contributed by atoms with Gasteiger partial charge in [0.1, 0.15) is 11.9 Å². The molecular formula is C16H17BrO2. The van der Waals surface area contributed by atoms with Crippen LogP contribution in [0.2, 0.25) is 0 Å². The summed E-state index contributed by atoms with van der Waals surface area (Å²) in [7, 11) is 1.63. The number of benzene rings is 2. The van der Waals surface area contributed by atoms with Gasteiger partial charge in [0.25, 0.3) is 0 Å². The van der Waals surface area contributed by atoms with Crippen LogP contribution in [0.4, 0.5) is 0 Å². The first-order valence-electron chi connectivity index (χ1n) is 6.12. The zero-order chi connectivity index (χ0) is 14.0. The van der Waals surface area contributed by atoms with Gasteiger partial charge in [-0.05, 0) is 64.2 Å². The number of aryl methyl sites for hydroxylation is 2. The van der Waals surface area contributed by atoms with Crippen LogP contribution in [0.15, 0.2) is 40.9 Å². The summed E-state index contributed by atoms with van der Waals surface area (Å²) in [6, 6.07) is 11.7. The van der Waals surface area contributed by atoms with Gasteiger partial charge in [-0.1, -0.05) is 24.3 Å². The van der Waals surface area contributed by atoms with Gasteiger partial charge in [0.2, 0.25) is 0 Å². The Hall–Kier alpha value is -1.32. The Balaban J connectivity index is 2.44. The molecule has 0 heterocycles. The lowest BCUT2D eigenvalue weighted by molar-refractivity contribution is 0.218.